The zero-order chi connectivity index (χ0) is 13.9. The Kier molecular flexibility index (Phi) is 4.05. The molecular formula is C16H24N4. The molecule has 20 heavy (non-hydrogen) atoms. The Morgan fingerprint density at radius 1 is 1.05 bits per heavy atom. The lowest BCUT2D eigenvalue weighted by atomic mass is 10.1. The minimum absolute atomic E-state index is 0.607. The molecule has 0 spiro atoms. The average Bonchev–Trinajstić information content (AvgIpc) is 2.90. The fourth-order valence-corrected chi connectivity index (χ4v) is 3.01. The van der Waals surface area contributed by atoms with E-state index in [1.165, 1.54) is 42.6 Å². The number of likely N-dealkylation sites (N-methyl/N-ethyl adjacent to an activating group) is 1. The Morgan fingerprint density at radius 2 is 1.85 bits per heavy atom. The van der Waals surface area contributed by atoms with Crippen LogP contribution in [0.25, 0.3) is 10.9 Å². The maximum absolute atomic E-state index is 5.87. The van der Waals surface area contributed by atoms with Gasteiger partial charge in [-0.15, -0.1) is 0 Å². The summed E-state index contributed by atoms with van der Waals surface area (Å²) < 4.78 is 2.36. The second-order valence-corrected chi connectivity index (χ2v) is 5.71. The van der Waals surface area contributed by atoms with Crippen LogP contribution in [0.5, 0.6) is 0 Å². The number of benzene rings is 1. The minimum Gasteiger partial charge on any atom is -0.346 e. The molecule has 2 N–H and O–H groups in total. The van der Waals surface area contributed by atoms with Gasteiger partial charge >= 0.3 is 0 Å². The van der Waals surface area contributed by atoms with Crippen LogP contribution in [0.1, 0.15) is 5.56 Å². The van der Waals surface area contributed by atoms with Gasteiger partial charge in [-0.25, -0.2) is 0 Å². The molecule has 0 bridgehead atoms. The first-order valence-corrected chi connectivity index (χ1v) is 7.45. The number of fused-ring (bicyclic) bond motifs is 1. The highest BCUT2D eigenvalue weighted by molar-refractivity contribution is 5.83. The van der Waals surface area contributed by atoms with E-state index in [2.05, 4.69) is 51.9 Å². The van der Waals surface area contributed by atoms with Crippen molar-refractivity contribution in [2.45, 2.75) is 13.1 Å². The van der Waals surface area contributed by atoms with Crippen molar-refractivity contribution < 1.29 is 0 Å². The Labute approximate surface area is 120 Å². The summed E-state index contributed by atoms with van der Waals surface area (Å²) in [7, 11) is 2.20. The number of nitrogens with two attached hydrogens (primary N) is 1. The molecule has 1 fully saturated rings. The first-order chi connectivity index (χ1) is 9.78. The Balaban J connectivity index is 1.71. The lowest BCUT2D eigenvalue weighted by Crippen LogP contribution is -2.45. The summed E-state index contributed by atoms with van der Waals surface area (Å²) >= 11 is 0. The van der Waals surface area contributed by atoms with Crippen molar-refractivity contribution >= 4 is 10.9 Å². The lowest BCUT2D eigenvalue weighted by Gasteiger charge is -2.32. The summed E-state index contributed by atoms with van der Waals surface area (Å²) in [6.07, 6.45) is 2.19. The maximum Gasteiger partial charge on any atom is 0.0526 e. The van der Waals surface area contributed by atoms with E-state index in [0.29, 0.717) is 6.54 Å². The van der Waals surface area contributed by atoms with Crippen LogP contribution >= 0.6 is 0 Å². The fourth-order valence-electron chi connectivity index (χ4n) is 3.01. The summed E-state index contributed by atoms with van der Waals surface area (Å²) in [4.78, 5) is 4.95. The second-order valence-electron chi connectivity index (χ2n) is 5.71. The Hall–Kier alpha value is -1.36. The van der Waals surface area contributed by atoms with Crippen molar-refractivity contribution in [3.63, 3.8) is 0 Å². The van der Waals surface area contributed by atoms with Gasteiger partial charge in [0.2, 0.25) is 0 Å². The molecule has 4 nitrogen and oxygen atoms in total. The third-order valence-electron chi connectivity index (χ3n) is 4.34. The van der Waals surface area contributed by atoms with Crippen LogP contribution < -0.4 is 5.73 Å². The zero-order valence-corrected chi connectivity index (χ0v) is 12.3. The number of piperazine rings is 1. The van der Waals surface area contributed by atoms with Gasteiger partial charge in [0.15, 0.2) is 0 Å². The Morgan fingerprint density at radius 3 is 2.60 bits per heavy atom. The molecule has 0 atom stereocenters. The number of aromatic nitrogens is 1. The third-order valence-corrected chi connectivity index (χ3v) is 4.34. The number of para-hydroxylation sites is 1. The molecule has 2 heterocycles. The van der Waals surface area contributed by atoms with E-state index in [0.717, 1.165) is 13.1 Å². The molecule has 1 saturated heterocycles. The number of rotatable bonds is 4. The van der Waals surface area contributed by atoms with Crippen LogP contribution in [0.3, 0.4) is 0 Å². The summed E-state index contributed by atoms with van der Waals surface area (Å²) in [5.41, 5.74) is 8.42. The molecule has 0 saturated carbocycles. The van der Waals surface area contributed by atoms with E-state index in [4.69, 9.17) is 5.73 Å². The highest BCUT2D eigenvalue weighted by atomic mass is 15.2. The van der Waals surface area contributed by atoms with E-state index in [-0.39, 0.29) is 0 Å². The summed E-state index contributed by atoms with van der Waals surface area (Å²) in [6, 6.07) is 8.59. The van der Waals surface area contributed by atoms with E-state index >= 15 is 0 Å². The summed E-state index contributed by atoms with van der Waals surface area (Å²) in [5.74, 6) is 0. The molecule has 1 aliphatic rings. The van der Waals surface area contributed by atoms with Crippen LogP contribution in [0.2, 0.25) is 0 Å². The molecule has 108 valence electrons. The standard InChI is InChI=1S/C16H24N4/c1-18-7-9-19(10-8-18)11-12-20-6-5-14-3-2-4-15(13-17)16(14)20/h2-6H,7-13,17H2,1H3. The van der Waals surface area contributed by atoms with Gasteiger partial charge in [-0.2, -0.15) is 0 Å². The van der Waals surface area contributed by atoms with Crippen LogP contribution in [0, 0.1) is 0 Å². The molecule has 0 aliphatic carbocycles. The SMILES string of the molecule is CN1CCN(CCn2ccc3cccc(CN)c32)CC1. The van der Waals surface area contributed by atoms with Crippen molar-refractivity contribution in [3.05, 3.63) is 36.0 Å². The molecule has 0 unspecified atom stereocenters. The number of hydrogen-bond donors (Lipinski definition) is 1. The van der Waals surface area contributed by atoms with Crippen LogP contribution in [-0.4, -0.2) is 54.1 Å². The van der Waals surface area contributed by atoms with E-state index in [1.807, 2.05) is 0 Å². The molecule has 1 aliphatic heterocycles. The van der Waals surface area contributed by atoms with Gasteiger partial charge in [-0.3, -0.25) is 4.90 Å². The Bertz CT molecular complexity index is 567. The van der Waals surface area contributed by atoms with Crippen LogP contribution in [-0.2, 0) is 13.1 Å². The van der Waals surface area contributed by atoms with Crippen molar-refractivity contribution in [2.24, 2.45) is 5.73 Å². The fraction of sp³-hybridized carbons (Fsp3) is 0.500. The largest absolute Gasteiger partial charge is 0.346 e. The van der Waals surface area contributed by atoms with Crippen LogP contribution in [0.15, 0.2) is 30.5 Å². The molecule has 4 heteroatoms. The number of hydrogen-bond acceptors (Lipinski definition) is 3. The van der Waals surface area contributed by atoms with E-state index < -0.39 is 0 Å². The maximum atomic E-state index is 5.87. The van der Waals surface area contributed by atoms with Gasteiger partial charge < -0.3 is 15.2 Å². The normalized spacial score (nSPS) is 17.9. The first kappa shape index (κ1) is 13.6. The molecule has 1 aromatic heterocycles. The predicted molar refractivity (Wildman–Crippen MR) is 83.8 cm³/mol. The molecule has 1 aromatic carbocycles. The zero-order valence-electron chi connectivity index (χ0n) is 12.3. The third kappa shape index (κ3) is 2.73. The van der Waals surface area contributed by atoms with Gasteiger partial charge in [0, 0.05) is 52.0 Å². The average molecular weight is 272 g/mol. The molecule has 0 amide bonds. The van der Waals surface area contributed by atoms with Gasteiger partial charge in [0.25, 0.3) is 0 Å². The van der Waals surface area contributed by atoms with Gasteiger partial charge in [0.05, 0.1) is 5.52 Å². The lowest BCUT2D eigenvalue weighted by molar-refractivity contribution is 0.150. The first-order valence-electron chi connectivity index (χ1n) is 7.45. The monoisotopic (exact) mass is 272 g/mol. The summed E-state index contributed by atoms with van der Waals surface area (Å²) in [6.45, 7) is 7.50. The predicted octanol–water partition coefficient (Wildman–Crippen LogP) is 1.35. The number of nitrogens with zero attached hydrogens (tertiary/aromatic N) is 3. The second kappa shape index (κ2) is 5.95. The van der Waals surface area contributed by atoms with Crippen molar-refractivity contribution in [3.8, 4) is 0 Å². The van der Waals surface area contributed by atoms with Gasteiger partial charge in [0.1, 0.15) is 0 Å². The van der Waals surface area contributed by atoms with Crippen molar-refractivity contribution in [1.29, 1.82) is 0 Å². The van der Waals surface area contributed by atoms with Crippen molar-refractivity contribution in [2.75, 3.05) is 39.8 Å². The van der Waals surface area contributed by atoms with Crippen molar-refractivity contribution in [1.82, 2.24) is 14.4 Å². The topological polar surface area (TPSA) is 37.4 Å². The molecule has 2 aromatic rings. The molecular weight excluding hydrogens is 248 g/mol. The molecule has 0 radical (unpaired) electrons. The van der Waals surface area contributed by atoms with Gasteiger partial charge in [-0.05, 0) is 24.1 Å². The van der Waals surface area contributed by atoms with Crippen LogP contribution in [0.4, 0.5) is 0 Å². The highest BCUT2D eigenvalue weighted by Crippen LogP contribution is 2.20. The minimum atomic E-state index is 0.607. The quantitative estimate of drug-likeness (QED) is 0.913. The molecule has 3 rings (SSSR count). The van der Waals surface area contributed by atoms with E-state index in [9.17, 15) is 0 Å². The smallest absolute Gasteiger partial charge is 0.0526 e. The van der Waals surface area contributed by atoms with E-state index in [1.54, 1.807) is 0 Å². The van der Waals surface area contributed by atoms with Gasteiger partial charge in [-0.1, -0.05) is 18.2 Å². The highest BCUT2D eigenvalue weighted by Gasteiger charge is 2.14. The summed E-state index contributed by atoms with van der Waals surface area (Å²) in [5, 5.41) is 1.30.